The van der Waals surface area contributed by atoms with Crippen LogP contribution in [0.15, 0.2) is 0 Å². The first kappa shape index (κ1) is 19.0. The van der Waals surface area contributed by atoms with Crippen LogP contribution in [0.1, 0.15) is 53.4 Å². The van der Waals surface area contributed by atoms with E-state index in [2.05, 4.69) is 31.9 Å². The molecule has 18 heavy (non-hydrogen) atoms. The van der Waals surface area contributed by atoms with Crippen molar-refractivity contribution < 1.29 is 13.6 Å². The Morgan fingerprint density at radius 1 is 0.833 bits per heavy atom. The lowest BCUT2D eigenvalue weighted by Gasteiger charge is -2.25. The Balaban J connectivity index is 4.67. The largest absolute Gasteiger partial charge is 0.698 e. The van der Waals surface area contributed by atoms with Crippen LogP contribution in [0.25, 0.3) is 0 Å². The molecule has 0 aliphatic rings. The fourth-order valence-corrected chi connectivity index (χ4v) is 5.00. The van der Waals surface area contributed by atoms with E-state index in [1.165, 1.54) is 0 Å². The van der Waals surface area contributed by atoms with E-state index in [0.29, 0.717) is 10.7 Å². The lowest BCUT2D eigenvalue weighted by Crippen LogP contribution is -2.34. The van der Waals surface area contributed by atoms with Gasteiger partial charge in [0.15, 0.2) is 0 Å². The first-order valence-corrected chi connectivity index (χ1v) is 9.78. The number of halogens is 2. The molecule has 0 aliphatic carbocycles. The summed E-state index contributed by atoms with van der Waals surface area (Å²) in [6.07, 6.45) is 3.22. The van der Waals surface area contributed by atoms with Gasteiger partial charge in [0.05, 0.1) is 0 Å². The van der Waals surface area contributed by atoms with Crippen LogP contribution in [0.4, 0.5) is 0 Å². The Morgan fingerprint density at radius 2 is 1.11 bits per heavy atom. The standard InChI is InChI=1S/C12H24Br2O3P/c1-5-11(6-2,9-13)16-18(15)17-12(7-3,8-4)10-14/h5-10H2,1-4H3/q+1. The molecule has 0 fully saturated rings. The molecule has 0 radical (unpaired) electrons. The smallest absolute Gasteiger partial charge is 0.112 e. The average Bonchev–Trinajstić information content (AvgIpc) is 2.42. The number of alkyl halides is 2. The van der Waals surface area contributed by atoms with Crippen LogP contribution in [0.3, 0.4) is 0 Å². The van der Waals surface area contributed by atoms with E-state index < -0.39 is 19.5 Å². The second-order valence-electron chi connectivity index (χ2n) is 4.45. The second kappa shape index (κ2) is 9.02. The molecule has 0 aromatic heterocycles. The van der Waals surface area contributed by atoms with Crippen LogP contribution in [-0.2, 0) is 13.6 Å². The maximum atomic E-state index is 12.1. The lowest BCUT2D eigenvalue weighted by atomic mass is 10.0. The Labute approximate surface area is 129 Å². The topological polar surface area (TPSA) is 35.5 Å². The van der Waals surface area contributed by atoms with Crippen LogP contribution < -0.4 is 0 Å². The average molecular weight is 407 g/mol. The molecular formula is C12H24Br2O3P+. The Bertz CT molecular complexity index is 213. The third kappa shape index (κ3) is 5.16. The molecule has 108 valence electrons. The van der Waals surface area contributed by atoms with Crippen molar-refractivity contribution in [2.45, 2.75) is 64.6 Å². The third-order valence-corrected chi connectivity index (χ3v) is 6.72. The van der Waals surface area contributed by atoms with Gasteiger partial charge in [0, 0.05) is 15.2 Å². The molecule has 0 unspecified atom stereocenters. The molecule has 0 aromatic carbocycles. The molecule has 0 bridgehead atoms. The monoisotopic (exact) mass is 405 g/mol. The SMILES string of the molecule is CCC(CC)(CBr)O[P+](=O)OC(CC)(CC)CBr. The van der Waals surface area contributed by atoms with Gasteiger partial charge in [-0.3, -0.25) is 0 Å². The predicted molar refractivity (Wildman–Crippen MR) is 84.0 cm³/mol. The van der Waals surface area contributed by atoms with Crippen LogP contribution in [0.5, 0.6) is 0 Å². The fourth-order valence-electron chi connectivity index (χ4n) is 1.52. The van der Waals surface area contributed by atoms with Crippen molar-refractivity contribution >= 4 is 40.1 Å². The van der Waals surface area contributed by atoms with Gasteiger partial charge in [0.1, 0.15) is 11.2 Å². The van der Waals surface area contributed by atoms with Crippen molar-refractivity contribution in [1.82, 2.24) is 0 Å². The molecule has 0 saturated heterocycles. The van der Waals surface area contributed by atoms with Crippen LogP contribution in [-0.4, -0.2) is 21.9 Å². The van der Waals surface area contributed by atoms with E-state index in [1.807, 2.05) is 27.7 Å². The zero-order valence-electron chi connectivity index (χ0n) is 11.7. The molecule has 6 heteroatoms. The summed E-state index contributed by atoms with van der Waals surface area (Å²) in [5.74, 6) is 0. The molecule has 0 atom stereocenters. The van der Waals surface area contributed by atoms with Gasteiger partial charge in [-0.1, -0.05) is 59.6 Å². The molecule has 0 aliphatic heterocycles. The molecular weight excluding hydrogens is 383 g/mol. The minimum absolute atomic E-state index is 0.396. The summed E-state index contributed by atoms with van der Waals surface area (Å²) in [6, 6.07) is 0. The highest BCUT2D eigenvalue weighted by molar-refractivity contribution is 9.09. The van der Waals surface area contributed by atoms with E-state index in [9.17, 15) is 4.57 Å². The van der Waals surface area contributed by atoms with Crippen molar-refractivity contribution in [3.63, 3.8) is 0 Å². The van der Waals surface area contributed by atoms with Crippen molar-refractivity contribution in [2.75, 3.05) is 10.7 Å². The predicted octanol–water partition coefficient (Wildman–Crippen LogP) is 5.58. The second-order valence-corrected chi connectivity index (χ2v) is 6.39. The van der Waals surface area contributed by atoms with E-state index in [4.69, 9.17) is 9.05 Å². The fraction of sp³-hybridized carbons (Fsp3) is 1.00. The lowest BCUT2D eigenvalue weighted by molar-refractivity contribution is 0.0262. The van der Waals surface area contributed by atoms with Crippen LogP contribution in [0.2, 0.25) is 0 Å². The molecule has 3 nitrogen and oxygen atoms in total. The summed E-state index contributed by atoms with van der Waals surface area (Å²) in [4.78, 5) is 0. The molecule has 0 saturated carbocycles. The number of hydrogen-bond donors (Lipinski definition) is 0. The molecule has 0 rings (SSSR count). The normalized spacial score (nSPS) is 12.8. The first-order chi connectivity index (χ1) is 8.46. The minimum Gasteiger partial charge on any atom is -0.112 e. The Morgan fingerprint density at radius 3 is 1.28 bits per heavy atom. The highest BCUT2D eigenvalue weighted by Gasteiger charge is 2.44. The zero-order chi connectivity index (χ0) is 14.2. The summed E-state index contributed by atoms with van der Waals surface area (Å²) in [6.45, 7) is 8.13. The van der Waals surface area contributed by atoms with Crippen molar-refractivity contribution in [1.29, 1.82) is 0 Å². The quantitative estimate of drug-likeness (QED) is 0.350. The molecule has 0 N–H and O–H groups in total. The molecule has 0 spiro atoms. The van der Waals surface area contributed by atoms with E-state index in [1.54, 1.807) is 0 Å². The van der Waals surface area contributed by atoms with Crippen LogP contribution in [0, 0.1) is 0 Å². The highest BCUT2D eigenvalue weighted by atomic mass is 79.9. The summed E-state index contributed by atoms with van der Waals surface area (Å²) >= 11 is 6.87. The van der Waals surface area contributed by atoms with Gasteiger partial charge in [-0.25, -0.2) is 0 Å². The number of hydrogen-bond acceptors (Lipinski definition) is 3. The van der Waals surface area contributed by atoms with E-state index in [0.717, 1.165) is 25.7 Å². The Hall–Kier alpha value is 0.980. The maximum Gasteiger partial charge on any atom is 0.698 e. The van der Waals surface area contributed by atoms with Gasteiger partial charge in [-0.05, 0) is 25.7 Å². The molecule has 0 aromatic rings. The van der Waals surface area contributed by atoms with Gasteiger partial charge >= 0.3 is 8.25 Å². The number of rotatable bonds is 10. The van der Waals surface area contributed by atoms with Gasteiger partial charge in [-0.2, -0.15) is 0 Å². The third-order valence-electron chi connectivity index (χ3n) is 3.60. The zero-order valence-corrected chi connectivity index (χ0v) is 15.7. The highest BCUT2D eigenvalue weighted by Crippen LogP contribution is 2.42. The summed E-state index contributed by atoms with van der Waals surface area (Å²) in [5.41, 5.74) is -0.792. The minimum atomic E-state index is -2.10. The van der Waals surface area contributed by atoms with Crippen molar-refractivity contribution in [3.8, 4) is 0 Å². The van der Waals surface area contributed by atoms with Crippen molar-refractivity contribution in [3.05, 3.63) is 0 Å². The summed E-state index contributed by atoms with van der Waals surface area (Å²) in [5, 5.41) is 1.33. The summed E-state index contributed by atoms with van der Waals surface area (Å²) in [7, 11) is -2.10. The van der Waals surface area contributed by atoms with Gasteiger partial charge < -0.3 is 0 Å². The van der Waals surface area contributed by atoms with E-state index in [-0.39, 0.29) is 0 Å². The van der Waals surface area contributed by atoms with Gasteiger partial charge in [0.25, 0.3) is 0 Å². The van der Waals surface area contributed by atoms with Gasteiger partial charge in [-0.15, -0.1) is 9.05 Å². The summed E-state index contributed by atoms with van der Waals surface area (Å²) < 4.78 is 23.4. The molecule has 0 heterocycles. The maximum absolute atomic E-state index is 12.1. The van der Waals surface area contributed by atoms with Crippen LogP contribution >= 0.6 is 40.1 Å². The van der Waals surface area contributed by atoms with Crippen molar-refractivity contribution in [2.24, 2.45) is 0 Å². The molecule has 0 amide bonds. The first-order valence-electron chi connectivity index (χ1n) is 6.44. The van der Waals surface area contributed by atoms with E-state index >= 15 is 0 Å². The Kier molecular flexibility index (Phi) is 9.51. The van der Waals surface area contributed by atoms with Gasteiger partial charge in [0.2, 0.25) is 0 Å².